The van der Waals surface area contributed by atoms with Crippen molar-refractivity contribution in [1.29, 1.82) is 0 Å². The minimum absolute atomic E-state index is 0.369. The van der Waals surface area contributed by atoms with Crippen LogP contribution in [-0.4, -0.2) is 66.3 Å². The van der Waals surface area contributed by atoms with Gasteiger partial charge in [0, 0.05) is 45.0 Å². The largest absolute Gasteiger partial charge is 0.379 e. The van der Waals surface area contributed by atoms with Crippen LogP contribution in [0.15, 0.2) is 24.4 Å². The Morgan fingerprint density at radius 3 is 2.96 bits per heavy atom. The monoisotopic (exact) mass is 315 g/mol. The lowest BCUT2D eigenvalue weighted by molar-refractivity contribution is 0.0875. The Bertz CT molecular complexity index is 550. The maximum absolute atomic E-state index is 5.53. The van der Waals surface area contributed by atoms with Crippen LogP contribution in [0.1, 0.15) is 19.3 Å². The standard InChI is InChI=1S/C17H25N5O/c1-2-9-21(8-1)15-6-10-22(12-15)17-18-7-5-16(20-17)19-14-4-3-11-23-13-14/h1-2,5,7,14-15H,3-4,6,8-13H2,(H,18,19,20)/t14-,15+/m0/s1. The zero-order chi connectivity index (χ0) is 15.5. The summed E-state index contributed by atoms with van der Waals surface area (Å²) in [6, 6.07) is 2.95. The number of hydrogen-bond acceptors (Lipinski definition) is 6. The van der Waals surface area contributed by atoms with Crippen molar-refractivity contribution < 1.29 is 4.74 Å². The fourth-order valence-corrected chi connectivity index (χ4v) is 3.66. The first-order chi connectivity index (χ1) is 11.4. The highest BCUT2D eigenvalue weighted by Gasteiger charge is 2.29. The maximum Gasteiger partial charge on any atom is 0.227 e. The van der Waals surface area contributed by atoms with Gasteiger partial charge in [-0.2, -0.15) is 4.98 Å². The summed E-state index contributed by atoms with van der Waals surface area (Å²) in [6.45, 7) is 5.89. The van der Waals surface area contributed by atoms with Crippen molar-refractivity contribution in [2.75, 3.05) is 49.6 Å². The minimum Gasteiger partial charge on any atom is -0.379 e. The van der Waals surface area contributed by atoms with Gasteiger partial charge >= 0.3 is 0 Å². The van der Waals surface area contributed by atoms with Crippen molar-refractivity contribution >= 4 is 11.8 Å². The van der Waals surface area contributed by atoms with Crippen molar-refractivity contribution in [3.63, 3.8) is 0 Å². The molecule has 2 saturated heterocycles. The summed E-state index contributed by atoms with van der Waals surface area (Å²) in [7, 11) is 0. The quantitative estimate of drug-likeness (QED) is 0.850. The third-order valence-corrected chi connectivity index (χ3v) is 4.96. The molecule has 1 N–H and O–H groups in total. The van der Waals surface area contributed by atoms with Crippen molar-refractivity contribution in [3.8, 4) is 0 Å². The molecular formula is C17H25N5O. The molecule has 23 heavy (non-hydrogen) atoms. The van der Waals surface area contributed by atoms with Gasteiger partial charge in [0.05, 0.1) is 12.6 Å². The summed E-state index contributed by atoms with van der Waals surface area (Å²) >= 11 is 0. The molecule has 0 aromatic carbocycles. The predicted octanol–water partition coefficient (Wildman–Crippen LogP) is 1.52. The molecule has 0 unspecified atom stereocenters. The van der Waals surface area contributed by atoms with Crippen molar-refractivity contribution in [3.05, 3.63) is 24.4 Å². The van der Waals surface area contributed by atoms with E-state index in [1.807, 2.05) is 12.3 Å². The highest BCUT2D eigenvalue weighted by Crippen LogP contribution is 2.22. The molecule has 124 valence electrons. The Balaban J connectivity index is 1.38. The molecule has 2 fully saturated rings. The molecule has 0 saturated carbocycles. The molecule has 4 heterocycles. The summed E-state index contributed by atoms with van der Waals surface area (Å²) in [5, 5.41) is 3.49. The average molecular weight is 315 g/mol. The minimum atomic E-state index is 0.369. The highest BCUT2D eigenvalue weighted by molar-refractivity contribution is 5.43. The third kappa shape index (κ3) is 3.48. The van der Waals surface area contributed by atoms with Gasteiger partial charge in [0.25, 0.3) is 0 Å². The van der Waals surface area contributed by atoms with E-state index in [-0.39, 0.29) is 0 Å². The number of rotatable bonds is 4. The van der Waals surface area contributed by atoms with Gasteiger partial charge in [0.2, 0.25) is 5.95 Å². The number of aromatic nitrogens is 2. The summed E-state index contributed by atoms with van der Waals surface area (Å²) in [5.74, 6) is 1.76. The van der Waals surface area contributed by atoms with Crippen LogP contribution in [0.3, 0.4) is 0 Å². The predicted molar refractivity (Wildman–Crippen MR) is 90.8 cm³/mol. The van der Waals surface area contributed by atoms with E-state index in [1.165, 1.54) is 6.42 Å². The SMILES string of the molecule is C1=CCN([C@@H]2CCN(c3nccc(N[C@H]4CCCOC4)n3)C2)C1. The molecule has 0 amide bonds. The Morgan fingerprint density at radius 1 is 1.22 bits per heavy atom. The summed E-state index contributed by atoms with van der Waals surface area (Å²) in [6.07, 6.45) is 9.84. The normalized spacial score (nSPS) is 28.4. The highest BCUT2D eigenvalue weighted by atomic mass is 16.5. The molecule has 6 heteroatoms. The van der Waals surface area contributed by atoms with E-state index in [2.05, 4.69) is 32.3 Å². The van der Waals surface area contributed by atoms with Crippen LogP contribution in [-0.2, 0) is 4.74 Å². The van der Waals surface area contributed by atoms with E-state index in [0.717, 1.165) is 64.0 Å². The van der Waals surface area contributed by atoms with Crippen LogP contribution < -0.4 is 10.2 Å². The zero-order valence-electron chi connectivity index (χ0n) is 13.5. The lowest BCUT2D eigenvalue weighted by Gasteiger charge is -2.25. The second kappa shape index (κ2) is 6.84. The second-order valence-corrected chi connectivity index (χ2v) is 6.61. The first-order valence-corrected chi connectivity index (χ1v) is 8.70. The third-order valence-electron chi connectivity index (χ3n) is 4.96. The van der Waals surface area contributed by atoms with Gasteiger partial charge in [-0.05, 0) is 25.3 Å². The lowest BCUT2D eigenvalue weighted by Crippen LogP contribution is -2.36. The molecule has 0 radical (unpaired) electrons. The molecule has 1 aromatic heterocycles. The van der Waals surface area contributed by atoms with E-state index in [0.29, 0.717) is 12.1 Å². The summed E-state index contributed by atoms with van der Waals surface area (Å²) < 4.78 is 5.53. The van der Waals surface area contributed by atoms with Crippen LogP contribution in [0.2, 0.25) is 0 Å². The molecule has 3 aliphatic rings. The van der Waals surface area contributed by atoms with Gasteiger partial charge in [-0.25, -0.2) is 4.98 Å². The number of hydrogen-bond donors (Lipinski definition) is 1. The van der Waals surface area contributed by atoms with Crippen LogP contribution in [0.4, 0.5) is 11.8 Å². The molecular weight excluding hydrogens is 290 g/mol. The van der Waals surface area contributed by atoms with E-state index in [1.54, 1.807) is 0 Å². The van der Waals surface area contributed by atoms with Gasteiger partial charge in [-0.15, -0.1) is 0 Å². The second-order valence-electron chi connectivity index (χ2n) is 6.61. The molecule has 2 atom stereocenters. The number of ether oxygens (including phenoxy) is 1. The molecule has 0 aliphatic carbocycles. The Hall–Kier alpha value is -1.66. The molecule has 0 bridgehead atoms. The van der Waals surface area contributed by atoms with E-state index in [4.69, 9.17) is 9.72 Å². The van der Waals surface area contributed by atoms with Crippen LogP contribution in [0.5, 0.6) is 0 Å². The van der Waals surface area contributed by atoms with Gasteiger partial charge in [0.1, 0.15) is 5.82 Å². The maximum atomic E-state index is 5.53. The number of nitrogens with one attached hydrogen (secondary N) is 1. The van der Waals surface area contributed by atoms with Crippen LogP contribution in [0.25, 0.3) is 0 Å². The Morgan fingerprint density at radius 2 is 2.13 bits per heavy atom. The van der Waals surface area contributed by atoms with Gasteiger partial charge in [0.15, 0.2) is 0 Å². The molecule has 4 rings (SSSR count). The van der Waals surface area contributed by atoms with E-state index >= 15 is 0 Å². The topological polar surface area (TPSA) is 53.5 Å². The molecule has 3 aliphatic heterocycles. The Labute approximate surface area is 137 Å². The van der Waals surface area contributed by atoms with Crippen LogP contribution in [0, 0.1) is 0 Å². The molecule has 6 nitrogen and oxygen atoms in total. The fraction of sp³-hybridized carbons (Fsp3) is 0.647. The van der Waals surface area contributed by atoms with Crippen molar-refractivity contribution in [1.82, 2.24) is 14.9 Å². The lowest BCUT2D eigenvalue weighted by atomic mass is 10.1. The van der Waals surface area contributed by atoms with E-state index < -0.39 is 0 Å². The van der Waals surface area contributed by atoms with Gasteiger partial charge < -0.3 is 15.0 Å². The fourth-order valence-electron chi connectivity index (χ4n) is 3.66. The molecule has 1 aromatic rings. The first kappa shape index (κ1) is 14.9. The average Bonchev–Trinajstić information content (AvgIpc) is 3.28. The van der Waals surface area contributed by atoms with Crippen molar-refractivity contribution in [2.45, 2.75) is 31.3 Å². The smallest absolute Gasteiger partial charge is 0.227 e. The Kier molecular flexibility index (Phi) is 4.43. The van der Waals surface area contributed by atoms with Gasteiger partial charge in [-0.3, -0.25) is 4.90 Å². The molecule has 0 spiro atoms. The number of anilines is 2. The van der Waals surface area contributed by atoms with Gasteiger partial charge in [-0.1, -0.05) is 12.2 Å². The zero-order valence-corrected chi connectivity index (χ0v) is 13.5. The summed E-state index contributed by atoms with van der Waals surface area (Å²) in [4.78, 5) is 14.0. The van der Waals surface area contributed by atoms with Crippen molar-refractivity contribution in [2.24, 2.45) is 0 Å². The first-order valence-electron chi connectivity index (χ1n) is 8.70. The number of nitrogens with zero attached hydrogens (tertiary/aromatic N) is 4. The summed E-state index contributed by atoms with van der Waals surface area (Å²) in [5.41, 5.74) is 0. The van der Waals surface area contributed by atoms with Crippen LogP contribution >= 0.6 is 0 Å². The van der Waals surface area contributed by atoms with E-state index in [9.17, 15) is 0 Å².